The Labute approximate surface area is 122 Å². The second kappa shape index (κ2) is 5.19. The Morgan fingerprint density at radius 2 is 1.80 bits per heavy atom. The molecule has 5 heteroatoms. The van der Waals surface area contributed by atoms with E-state index >= 15 is 0 Å². The van der Waals surface area contributed by atoms with Gasteiger partial charge in [-0.2, -0.15) is 0 Å². The van der Waals surface area contributed by atoms with Gasteiger partial charge < -0.3 is 14.6 Å². The van der Waals surface area contributed by atoms with E-state index in [4.69, 9.17) is 9.47 Å². The minimum Gasteiger partial charge on any atom is -0.444 e. The van der Waals surface area contributed by atoms with Crippen molar-refractivity contribution in [2.24, 2.45) is 5.41 Å². The van der Waals surface area contributed by atoms with Crippen molar-refractivity contribution in [3.05, 3.63) is 0 Å². The Bertz CT molecular complexity index is 365. The van der Waals surface area contributed by atoms with Crippen LogP contribution in [0.2, 0.25) is 0 Å². The molecule has 0 bridgehead atoms. The molecule has 1 N–H and O–H groups in total. The summed E-state index contributed by atoms with van der Waals surface area (Å²) in [7, 11) is 0. The van der Waals surface area contributed by atoms with Gasteiger partial charge in [0.15, 0.2) is 0 Å². The summed E-state index contributed by atoms with van der Waals surface area (Å²) in [6, 6.07) is -0.403. The number of aliphatic hydroxyl groups is 1. The second-order valence-electron chi connectivity index (χ2n) is 7.99. The Morgan fingerprint density at radius 1 is 1.30 bits per heavy atom. The van der Waals surface area contributed by atoms with E-state index in [0.717, 1.165) is 0 Å². The van der Waals surface area contributed by atoms with Crippen LogP contribution in [0, 0.1) is 5.41 Å². The second-order valence-corrected chi connectivity index (χ2v) is 7.99. The number of aliphatic hydroxyl groups excluding tert-OH is 1. The molecule has 0 saturated carbocycles. The van der Waals surface area contributed by atoms with Crippen LogP contribution in [0.4, 0.5) is 4.79 Å². The molecule has 0 unspecified atom stereocenters. The molecule has 1 saturated heterocycles. The Hall–Kier alpha value is -0.810. The molecule has 5 nitrogen and oxygen atoms in total. The monoisotopic (exact) mass is 287 g/mol. The molecule has 1 rings (SSSR count). The lowest BCUT2D eigenvalue weighted by Crippen LogP contribution is -2.55. The van der Waals surface area contributed by atoms with Crippen LogP contribution in [0.5, 0.6) is 0 Å². The molecule has 1 fully saturated rings. The number of amides is 1. The number of hydrogen-bond donors (Lipinski definition) is 1. The summed E-state index contributed by atoms with van der Waals surface area (Å²) in [5.74, 6) is 0. The maximum absolute atomic E-state index is 12.4. The molecule has 1 aliphatic heterocycles. The van der Waals surface area contributed by atoms with E-state index in [1.807, 2.05) is 55.4 Å². The molecular weight excluding hydrogens is 258 g/mol. The lowest BCUT2D eigenvalue weighted by atomic mass is 9.84. The molecule has 0 aromatic carbocycles. The average Bonchev–Trinajstić information content (AvgIpc) is 2.48. The molecule has 0 aliphatic carbocycles. The molecule has 2 atom stereocenters. The molecular formula is C15H29NO4. The van der Waals surface area contributed by atoms with Gasteiger partial charge in [0, 0.05) is 0 Å². The van der Waals surface area contributed by atoms with Gasteiger partial charge in [-0.25, -0.2) is 4.79 Å². The molecule has 1 aliphatic rings. The van der Waals surface area contributed by atoms with Gasteiger partial charge >= 0.3 is 6.09 Å². The van der Waals surface area contributed by atoms with Gasteiger partial charge in [0.1, 0.15) is 11.3 Å². The number of hydrogen-bond acceptors (Lipinski definition) is 4. The Morgan fingerprint density at radius 3 is 2.20 bits per heavy atom. The molecule has 0 spiro atoms. The highest BCUT2D eigenvalue weighted by Gasteiger charge is 2.50. The van der Waals surface area contributed by atoms with Crippen LogP contribution in [0.1, 0.15) is 55.4 Å². The lowest BCUT2D eigenvalue weighted by Gasteiger charge is -2.39. The van der Waals surface area contributed by atoms with E-state index in [-0.39, 0.29) is 5.41 Å². The lowest BCUT2D eigenvalue weighted by molar-refractivity contribution is -0.0741. The fourth-order valence-electron chi connectivity index (χ4n) is 2.31. The quantitative estimate of drug-likeness (QED) is 0.805. The predicted molar refractivity (Wildman–Crippen MR) is 77.4 cm³/mol. The highest BCUT2D eigenvalue weighted by molar-refractivity contribution is 5.70. The van der Waals surface area contributed by atoms with Crippen molar-refractivity contribution in [2.75, 3.05) is 6.61 Å². The normalized spacial score (nSPS) is 24.6. The molecule has 20 heavy (non-hydrogen) atoms. The highest BCUT2D eigenvalue weighted by atomic mass is 16.6. The zero-order chi connectivity index (χ0) is 15.9. The Balaban J connectivity index is 3.00. The van der Waals surface area contributed by atoms with E-state index < -0.39 is 29.6 Å². The van der Waals surface area contributed by atoms with Crippen LogP contribution < -0.4 is 0 Å². The van der Waals surface area contributed by atoms with Gasteiger partial charge in [-0.1, -0.05) is 20.8 Å². The van der Waals surface area contributed by atoms with Crippen molar-refractivity contribution in [2.45, 2.75) is 78.9 Å². The van der Waals surface area contributed by atoms with Crippen molar-refractivity contribution >= 4 is 6.09 Å². The fourth-order valence-corrected chi connectivity index (χ4v) is 2.31. The molecule has 1 heterocycles. The van der Waals surface area contributed by atoms with Crippen molar-refractivity contribution in [3.63, 3.8) is 0 Å². The van der Waals surface area contributed by atoms with Crippen molar-refractivity contribution < 1.29 is 19.4 Å². The van der Waals surface area contributed by atoms with Crippen molar-refractivity contribution in [1.29, 1.82) is 0 Å². The molecule has 0 aromatic heterocycles. The smallest absolute Gasteiger partial charge is 0.412 e. The SMILES string of the molecule is CC(C)(C)OC(=O)N1[C@H]([C@@H](O)C(C)(C)C)COC1(C)C. The summed E-state index contributed by atoms with van der Waals surface area (Å²) < 4.78 is 11.1. The average molecular weight is 287 g/mol. The maximum atomic E-state index is 12.4. The van der Waals surface area contributed by atoms with E-state index in [1.165, 1.54) is 4.90 Å². The minimum atomic E-state index is -0.779. The first-order valence-electron chi connectivity index (χ1n) is 7.10. The minimum absolute atomic E-state index is 0.310. The van der Waals surface area contributed by atoms with Crippen LogP contribution in [-0.4, -0.2) is 46.2 Å². The van der Waals surface area contributed by atoms with E-state index in [1.54, 1.807) is 0 Å². The third-order valence-electron chi connectivity index (χ3n) is 3.36. The molecule has 118 valence electrons. The molecule has 0 radical (unpaired) electrons. The number of nitrogens with zero attached hydrogens (tertiary/aromatic N) is 1. The standard InChI is InChI=1S/C15H29NO4/c1-13(2,3)11(17)10-9-19-15(7,8)16(10)12(18)20-14(4,5)6/h10-11,17H,9H2,1-8H3/t10-,11+/m0/s1. The first kappa shape index (κ1) is 17.2. The number of carbonyl (C=O) groups is 1. The van der Waals surface area contributed by atoms with Gasteiger partial charge in [0.05, 0.1) is 18.8 Å². The maximum Gasteiger partial charge on any atom is 0.412 e. The predicted octanol–water partition coefficient (Wildman–Crippen LogP) is 2.77. The number of carbonyl (C=O) groups excluding carboxylic acids is 1. The van der Waals surface area contributed by atoms with Crippen LogP contribution in [0.3, 0.4) is 0 Å². The first-order chi connectivity index (χ1) is 8.76. The first-order valence-corrected chi connectivity index (χ1v) is 7.10. The van der Waals surface area contributed by atoms with Crippen LogP contribution in [-0.2, 0) is 9.47 Å². The van der Waals surface area contributed by atoms with E-state index in [0.29, 0.717) is 6.61 Å². The summed E-state index contributed by atoms with van der Waals surface area (Å²) in [5, 5.41) is 10.5. The van der Waals surface area contributed by atoms with Gasteiger partial charge in [-0.15, -0.1) is 0 Å². The summed E-state index contributed by atoms with van der Waals surface area (Å²) in [4.78, 5) is 14.0. The third kappa shape index (κ3) is 3.85. The zero-order valence-electron chi connectivity index (χ0n) is 14.0. The number of rotatable bonds is 1. The topological polar surface area (TPSA) is 59.0 Å². The van der Waals surface area contributed by atoms with Crippen LogP contribution in [0.25, 0.3) is 0 Å². The summed E-state index contributed by atoms with van der Waals surface area (Å²) in [6.07, 6.45) is -1.13. The molecule has 1 amide bonds. The van der Waals surface area contributed by atoms with E-state index in [2.05, 4.69) is 0 Å². The van der Waals surface area contributed by atoms with E-state index in [9.17, 15) is 9.90 Å². The van der Waals surface area contributed by atoms with Crippen LogP contribution in [0.15, 0.2) is 0 Å². The van der Waals surface area contributed by atoms with Crippen LogP contribution >= 0.6 is 0 Å². The summed E-state index contributed by atoms with van der Waals surface area (Å²) in [6.45, 7) is 15.2. The van der Waals surface area contributed by atoms with Gasteiger partial charge in [-0.05, 0) is 40.0 Å². The summed E-state index contributed by atoms with van der Waals surface area (Å²) >= 11 is 0. The number of ether oxygens (including phenoxy) is 2. The Kier molecular flexibility index (Phi) is 4.47. The largest absolute Gasteiger partial charge is 0.444 e. The third-order valence-corrected chi connectivity index (χ3v) is 3.36. The fraction of sp³-hybridized carbons (Fsp3) is 0.933. The van der Waals surface area contributed by atoms with Gasteiger partial charge in [-0.3, -0.25) is 4.90 Å². The highest BCUT2D eigenvalue weighted by Crippen LogP contribution is 2.35. The zero-order valence-corrected chi connectivity index (χ0v) is 14.0. The molecule has 0 aromatic rings. The van der Waals surface area contributed by atoms with Crippen molar-refractivity contribution in [3.8, 4) is 0 Å². The van der Waals surface area contributed by atoms with Gasteiger partial charge in [0.25, 0.3) is 0 Å². The summed E-state index contributed by atoms with van der Waals surface area (Å²) in [5.41, 5.74) is -1.69. The van der Waals surface area contributed by atoms with Crippen molar-refractivity contribution in [1.82, 2.24) is 4.90 Å². The van der Waals surface area contributed by atoms with Gasteiger partial charge in [0.2, 0.25) is 0 Å².